The maximum atomic E-state index is 6.02. The minimum Gasteiger partial charge on any atom is -0.370 e. The summed E-state index contributed by atoms with van der Waals surface area (Å²) in [4.78, 5) is 9.14. The second-order valence-electron chi connectivity index (χ2n) is 4.99. The van der Waals surface area contributed by atoms with Gasteiger partial charge in [-0.05, 0) is 33.7 Å². The van der Waals surface area contributed by atoms with Gasteiger partial charge < -0.3 is 10.6 Å². The van der Waals surface area contributed by atoms with Crippen LogP contribution in [0, 0.1) is 0 Å². The van der Waals surface area contributed by atoms with Crippen LogP contribution in [0.15, 0.2) is 4.99 Å². The predicted molar refractivity (Wildman–Crippen MR) is 62.9 cm³/mol. The van der Waals surface area contributed by atoms with Crippen LogP contribution < -0.4 is 5.73 Å². The van der Waals surface area contributed by atoms with Crippen molar-refractivity contribution in [3.8, 4) is 0 Å². The molecule has 2 N–H and O–H groups in total. The fourth-order valence-corrected chi connectivity index (χ4v) is 2.06. The number of likely N-dealkylation sites (N-methyl/N-ethyl adjacent to an activating group) is 1. The molecule has 0 amide bonds. The highest BCUT2D eigenvalue weighted by molar-refractivity contribution is 5.78. The number of nitrogens with zero attached hydrogens (tertiary/aromatic N) is 3. The molecule has 1 aliphatic heterocycles. The van der Waals surface area contributed by atoms with E-state index in [0.29, 0.717) is 18.1 Å². The van der Waals surface area contributed by atoms with E-state index < -0.39 is 0 Å². The molecule has 0 aromatic carbocycles. The van der Waals surface area contributed by atoms with E-state index in [1.54, 1.807) is 0 Å². The maximum absolute atomic E-state index is 6.02. The van der Waals surface area contributed by atoms with Crippen molar-refractivity contribution < 1.29 is 0 Å². The van der Waals surface area contributed by atoms with Gasteiger partial charge in [0, 0.05) is 25.2 Å². The number of hydrogen-bond donors (Lipinski definition) is 1. The number of rotatable bonds is 1. The van der Waals surface area contributed by atoms with Crippen LogP contribution in [0.1, 0.15) is 26.7 Å². The quantitative estimate of drug-likeness (QED) is 0.506. The van der Waals surface area contributed by atoms with Gasteiger partial charge in [-0.1, -0.05) is 0 Å². The highest BCUT2D eigenvalue weighted by Crippen LogP contribution is 2.24. The summed E-state index contributed by atoms with van der Waals surface area (Å²) in [5.74, 6) is 0.754. The first kappa shape index (κ1) is 10.7. The van der Waals surface area contributed by atoms with Crippen molar-refractivity contribution in [3.05, 3.63) is 0 Å². The van der Waals surface area contributed by atoms with Crippen molar-refractivity contribution in [1.29, 1.82) is 0 Å². The molecular weight excluding hydrogens is 188 g/mol. The Labute approximate surface area is 92.1 Å². The van der Waals surface area contributed by atoms with Gasteiger partial charge in [-0.2, -0.15) is 0 Å². The lowest BCUT2D eigenvalue weighted by atomic mass is 10.1. The van der Waals surface area contributed by atoms with Gasteiger partial charge in [0.25, 0.3) is 0 Å². The predicted octanol–water partition coefficient (Wildman–Crippen LogP) is 0.488. The molecule has 4 heteroatoms. The summed E-state index contributed by atoms with van der Waals surface area (Å²) in [6.45, 7) is 6.49. The van der Waals surface area contributed by atoms with E-state index in [-0.39, 0.29) is 0 Å². The Kier molecular flexibility index (Phi) is 2.87. The Balaban J connectivity index is 1.98. The molecule has 1 saturated heterocycles. The van der Waals surface area contributed by atoms with Gasteiger partial charge in [-0.15, -0.1) is 0 Å². The Morgan fingerprint density at radius 3 is 2.20 bits per heavy atom. The number of nitrogens with two attached hydrogens (primary N) is 1. The molecule has 2 unspecified atom stereocenters. The molecule has 2 atom stereocenters. The fourth-order valence-electron chi connectivity index (χ4n) is 2.06. The second-order valence-corrected chi connectivity index (χ2v) is 4.99. The third kappa shape index (κ3) is 2.43. The van der Waals surface area contributed by atoms with Gasteiger partial charge in [0.05, 0.1) is 6.04 Å². The fraction of sp³-hybridized carbons (Fsp3) is 0.909. The summed E-state index contributed by atoms with van der Waals surface area (Å²) < 4.78 is 0. The maximum Gasteiger partial charge on any atom is 0.191 e. The largest absolute Gasteiger partial charge is 0.370 e. The Morgan fingerprint density at radius 2 is 1.73 bits per heavy atom. The minimum absolute atomic E-state index is 0.523. The van der Waals surface area contributed by atoms with Crippen molar-refractivity contribution in [2.24, 2.45) is 10.7 Å². The van der Waals surface area contributed by atoms with Crippen molar-refractivity contribution >= 4 is 5.96 Å². The molecule has 1 saturated carbocycles. The number of hydrogen-bond acceptors (Lipinski definition) is 2. The third-order valence-corrected chi connectivity index (χ3v) is 3.55. The smallest absolute Gasteiger partial charge is 0.191 e. The Morgan fingerprint density at radius 1 is 1.20 bits per heavy atom. The number of guanidine groups is 1. The minimum atomic E-state index is 0.523. The van der Waals surface area contributed by atoms with E-state index in [0.717, 1.165) is 19.0 Å². The summed E-state index contributed by atoms with van der Waals surface area (Å²) in [6.07, 6.45) is 2.44. The Bertz CT molecular complexity index is 247. The lowest BCUT2D eigenvalue weighted by Gasteiger charge is -2.42. The average Bonchev–Trinajstić information content (AvgIpc) is 2.97. The second kappa shape index (κ2) is 4.00. The molecule has 4 nitrogen and oxygen atoms in total. The number of aliphatic imine (C=N–C) groups is 1. The van der Waals surface area contributed by atoms with E-state index in [9.17, 15) is 0 Å². The molecule has 1 aliphatic carbocycles. The van der Waals surface area contributed by atoms with Crippen LogP contribution in [0.5, 0.6) is 0 Å². The van der Waals surface area contributed by atoms with Crippen molar-refractivity contribution in [2.75, 3.05) is 20.1 Å². The van der Waals surface area contributed by atoms with Gasteiger partial charge in [0.15, 0.2) is 5.96 Å². The van der Waals surface area contributed by atoms with Crippen LogP contribution in [0.2, 0.25) is 0 Å². The van der Waals surface area contributed by atoms with Gasteiger partial charge in [0.1, 0.15) is 0 Å². The monoisotopic (exact) mass is 210 g/mol. The van der Waals surface area contributed by atoms with E-state index in [4.69, 9.17) is 5.73 Å². The summed E-state index contributed by atoms with van der Waals surface area (Å²) in [5, 5.41) is 0. The van der Waals surface area contributed by atoms with Crippen molar-refractivity contribution in [2.45, 2.75) is 44.8 Å². The molecule has 1 heterocycles. The molecular formula is C11H22N4. The normalized spacial score (nSPS) is 34.6. The summed E-state index contributed by atoms with van der Waals surface area (Å²) in [6, 6.07) is 1.64. The molecule has 2 fully saturated rings. The zero-order valence-electron chi connectivity index (χ0n) is 9.98. The van der Waals surface area contributed by atoms with Crippen LogP contribution in [0.3, 0.4) is 0 Å². The molecule has 0 aromatic heterocycles. The van der Waals surface area contributed by atoms with Gasteiger partial charge in [-0.3, -0.25) is 4.90 Å². The third-order valence-electron chi connectivity index (χ3n) is 3.55. The van der Waals surface area contributed by atoms with Crippen molar-refractivity contribution in [1.82, 2.24) is 9.80 Å². The lowest BCUT2D eigenvalue weighted by Crippen LogP contribution is -2.58. The average molecular weight is 210 g/mol. The molecule has 0 aromatic rings. The molecule has 86 valence electrons. The van der Waals surface area contributed by atoms with E-state index in [1.165, 1.54) is 12.8 Å². The SMILES string of the molecule is CC1CN(C(N)=NC2CC2)CC(C)N1C. The van der Waals surface area contributed by atoms with E-state index in [1.807, 2.05) is 0 Å². The lowest BCUT2D eigenvalue weighted by molar-refractivity contribution is 0.0980. The van der Waals surface area contributed by atoms with Crippen LogP contribution in [0.25, 0.3) is 0 Å². The number of piperazine rings is 1. The zero-order chi connectivity index (χ0) is 11.0. The first-order chi connectivity index (χ1) is 7.08. The van der Waals surface area contributed by atoms with Crippen molar-refractivity contribution in [3.63, 3.8) is 0 Å². The highest BCUT2D eigenvalue weighted by atomic mass is 15.3. The van der Waals surface area contributed by atoms with Crippen LogP contribution >= 0.6 is 0 Å². The first-order valence-corrected chi connectivity index (χ1v) is 5.88. The molecule has 15 heavy (non-hydrogen) atoms. The summed E-state index contributed by atoms with van der Waals surface area (Å²) in [7, 11) is 2.18. The topological polar surface area (TPSA) is 44.9 Å². The summed E-state index contributed by atoms with van der Waals surface area (Å²) >= 11 is 0. The van der Waals surface area contributed by atoms with E-state index in [2.05, 4.69) is 35.7 Å². The van der Waals surface area contributed by atoms with Gasteiger partial charge in [0.2, 0.25) is 0 Å². The Hall–Kier alpha value is -0.770. The molecule has 0 bridgehead atoms. The molecule has 0 spiro atoms. The van der Waals surface area contributed by atoms with Gasteiger partial charge >= 0.3 is 0 Å². The van der Waals surface area contributed by atoms with Crippen LogP contribution in [-0.4, -0.2) is 54.0 Å². The standard InChI is InChI=1S/C11H22N4/c1-8-6-15(7-9(2)14(8)3)11(12)13-10-4-5-10/h8-10H,4-7H2,1-3H3,(H2,12,13). The first-order valence-electron chi connectivity index (χ1n) is 5.88. The van der Waals surface area contributed by atoms with Crippen LogP contribution in [-0.2, 0) is 0 Å². The molecule has 2 rings (SSSR count). The molecule has 2 aliphatic rings. The zero-order valence-corrected chi connectivity index (χ0v) is 9.98. The van der Waals surface area contributed by atoms with Gasteiger partial charge in [-0.25, -0.2) is 4.99 Å². The van der Waals surface area contributed by atoms with Crippen LogP contribution in [0.4, 0.5) is 0 Å². The molecule has 0 radical (unpaired) electrons. The summed E-state index contributed by atoms with van der Waals surface area (Å²) in [5.41, 5.74) is 6.02. The van der Waals surface area contributed by atoms with E-state index >= 15 is 0 Å². The highest BCUT2D eigenvalue weighted by Gasteiger charge is 2.29.